The Morgan fingerprint density at radius 2 is 1.66 bits per heavy atom. The van der Waals surface area contributed by atoms with Crippen LogP contribution < -0.4 is 5.32 Å². The van der Waals surface area contributed by atoms with E-state index in [-0.39, 0.29) is 30.4 Å². The summed E-state index contributed by atoms with van der Waals surface area (Å²) in [5.41, 5.74) is 0.921. The van der Waals surface area contributed by atoms with Gasteiger partial charge in [-0.25, -0.2) is 17.2 Å². The quantitative estimate of drug-likeness (QED) is 0.743. The van der Waals surface area contributed by atoms with E-state index in [1.807, 2.05) is 17.0 Å². The Labute approximate surface area is 173 Å². The van der Waals surface area contributed by atoms with Crippen molar-refractivity contribution in [2.45, 2.75) is 11.4 Å². The van der Waals surface area contributed by atoms with Gasteiger partial charge < -0.3 is 5.32 Å². The van der Waals surface area contributed by atoms with E-state index in [9.17, 15) is 22.0 Å². The molecule has 1 fully saturated rings. The second kappa shape index (κ2) is 9.17. The van der Waals surface area contributed by atoms with E-state index in [2.05, 4.69) is 5.32 Å². The van der Waals surface area contributed by atoms with Gasteiger partial charge in [0.1, 0.15) is 0 Å². The average Bonchev–Trinajstić information content (AvgIpc) is 2.70. The lowest BCUT2D eigenvalue weighted by Gasteiger charge is -2.33. The van der Waals surface area contributed by atoms with Crippen LogP contribution in [0.25, 0.3) is 0 Å². The van der Waals surface area contributed by atoms with Gasteiger partial charge in [0.2, 0.25) is 15.9 Å². The lowest BCUT2D eigenvalue weighted by molar-refractivity contribution is -0.122. The first kappa shape index (κ1) is 21.6. The van der Waals surface area contributed by atoms with Crippen LogP contribution in [0.1, 0.15) is 5.56 Å². The van der Waals surface area contributed by atoms with Gasteiger partial charge in [0, 0.05) is 37.7 Å². The van der Waals surface area contributed by atoms with Crippen molar-refractivity contribution in [2.24, 2.45) is 0 Å². The largest absolute Gasteiger partial charge is 0.351 e. The molecule has 2 aromatic rings. The molecule has 0 spiro atoms. The van der Waals surface area contributed by atoms with Gasteiger partial charge in [-0.1, -0.05) is 23.7 Å². The number of carbonyl (C=O) groups is 1. The molecule has 0 aliphatic carbocycles. The van der Waals surface area contributed by atoms with Gasteiger partial charge in [-0.05, 0) is 35.9 Å². The van der Waals surface area contributed by atoms with Crippen LogP contribution >= 0.6 is 11.6 Å². The number of nitrogens with one attached hydrogen (secondary N) is 1. The van der Waals surface area contributed by atoms with Crippen LogP contribution in [-0.2, 0) is 21.4 Å². The molecule has 1 aliphatic heterocycles. The van der Waals surface area contributed by atoms with Crippen LogP contribution in [0.4, 0.5) is 8.78 Å². The number of hydrogen-bond acceptors (Lipinski definition) is 4. The molecule has 1 N–H and O–H groups in total. The SMILES string of the molecule is O=C(CN1CCN(S(=O)(=O)c2ccc(F)c(F)c2)CC1)NCc1ccc(Cl)cc1. The standard InChI is InChI=1S/C19H20ClF2N3O3S/c20-15-3-1-14(2-4-15)12-23-19(26)13-24-7-9-25(10-8-24)29(27,28)16-5-6-17(21)18(22)11-16/h1-6,11H,7-10,12-13H2,(H,23,26). The molecule has 2 aromatic carbocycles. The molecule has 29 heavy (non-hydrogen) atoms. The van der Waals surface area contributed by atoms with Crippen molar-refractivity contribution in [1.29, 1.82) is 0 Å². The van der Waals surface area contributed by atoms with E-state index in [0.717, 1.165) is 17.7 Å². The third-order valence-electron chi connectivity index (χ3n) is 4.63. The molecule has 6 nitrogen and oxygen atoms in total. The van der Waals surface area contributed by atoms with Gasteiger partial charge >= 0.3 is 0 Å². The van der Waals surface area contributed by atoms with Crippen LogP contribution in [-0.4, -0.2) is 56.3 Å². The zero-order valence-corrected chi connectivity index (χ0v) is 17.0. The molecule has 0 saturated carbocycles. The second-order valence-electron chi connectivity index (χ2n) is 6.66. The Morgan fingerprint density at radius 3 is 2.28 bits per heavy atom. The van der Waals surface area contributed by atoms with E-state index in [1.54, 1.807) is 12.1 Å². The van der Waals surface area contributed by atoms with Crippen molar-refractivity contribution in [3.8, 4) is 0 Å². The number of benzene rings is 2. The average molecular weight is 444 g/mol. The fraction of sp³-hybridized carbons (Fsp3) is 0.316. The van der Waals surface area contributed by atoms with E-state index < -0.39 is 21.7 Å². The predicted octanol–water partition coefficient (Wildman–Crippen LogP) is 2.24. The highest BCUT2D eigenvalue weighted by Crippen LogP contribution is 2.20. The maximum Gasteiger partial charge on any atom is 0.243 e. The Kier molecular flexibility index (Phi) is 6.84. The summed E-state index contributed by atoms with van der Waals surface area (Å²) < 4.78 is 52.8. The Bertz CT molecular complexity index is 979. The van der Waals surface area contributed by atoms with Crippen molar-refractivity contribution < 1.29 is 22.0 Å². The summed E-state index contributed by atoms with van der Waals surface area (Å²) in [4.78, 5) is 13.7. The number of hydrogen-bond donors (Lipinski definition) is 1. The molecule has 1 aliphatic rings. The van der Waals surface area contributed by atoms with E-state index in [4.69, 9.17) is 11.6 Å². The van der Waals surface area contributed by atoms with Crippen molar-refractivity contribution in [3.63, 3.8) is 0 Å². The van der Waals surface area contributed by atoms with Gasteiger partial charge in [-0.3, -0.25) is 9.69 Å². The Balaban J connectivity index is 1.50. The number of nitrogens with zero attached hydrogens (tertiary/aromatic N) is 2. The van der Waals surface area contributed by atoms with Crippen LogP contribution in [0.15, 0.2) is 47.4 Å². The van der Waals surface area contributed by atoms with E-state index >= 15 is 0 Å². The first-order chi connectivity index (χ1) is 13.8. The minimum absolute atomic E-state index is 0.145. The second-order valence-corrected chi connectivity index (χ2v) is 9.03. The molecule has 10 heteroatoms. The highest BCUT2D eigenvalue weighted by atomic mass is 35.5. The van der Waals surface area contributed by atoms with Gasteiger partial charge in [-0.15, -0.1) is 0 Å². The van der Waals surface area contributed by atoms with Gasteiger partial charge in [-0.2, -0.15) is 4.31 Å². The summed E-state index contributed by atoms with van der Waals surface area (Å²) in [7, 11) is -3.91. The molecular weight excluding hydrogens is 424 g/mol. The molecule has 0 radical (unpaired) electrons. The number of piperazine rings is 1. The summed E-state index contributed by atoms with van der Waals surface area (Å²) in [5.74, 6) is -2.47. The van der Waals surface area contributed by atoms with Crippen LogP contribution in [0, 0.1) is 11.6 Å². The minimum Gasteiger partial charge on any atom is -0.351 e. The zero-order valence-electron chi connectivity index (χ0n) is 15.4. The van der Waals surface area contributed by atoms with Crippen molar-refractivity contribution in [2.75, 3.05) is 32.7 Å². The maximum absolute atomic E-state index is 13.4. The van der Waals surface area contributed by atoms with Gasteiger partial charge in [0.25, 0.3) is 0 Å². The van der Waals surface area contributed by atoms with Crippen molar-refractivity contribution >= 4 is 27.5 Å². The summed E-state index contributed by atoms with van der Waals surface area (Å²) >= 11 is 5.82. The smallest absolute Gasteiger partial charge is 0.243 e. The van der Waals surface area contributed by atoms with Crippen LogP contribution in [0.5, 0.6) is 0 Å². The van der Waals surface area contributed by atoms with Crippen LogP contribution in [0.2, 0.25) is 5.02 Å². The Morgan fingerprint density at radius 1 is 1.00 bits per heavy atom. The number of amides is 1. The molecule has 156 valence electrons. The molecule has 0 atom stereocenters. The molecule has 0 bridgehead atoms. The summed E-state index contributed by atoms with van der Waals surface area (Å²) in [5, 5.41) is 3.43. The zero-order chi connectivity index (χ0) is 21.0. The van der Waals surface area contributed by atoms with E-state index in [1.165, 1.54) is 4.31 Å². The minimum atomic E-state index is -3.91. The molecule has 1 heterocycles. The number of sulfonamides is 1. The van der Waals surface area contributed by atoms with Crippen LogP contribution in [0.3, 0.4) is 0 Å². The lowest BCUT2D eigenvalue weighted by atomic mass is 10.2. The lowest BCUT2D eigenvalue weighted by Crippen LogP contribution is -2.51. The van der Waals surface area contributed by atoms with Gasteiger partial charge in [0.15, 0.2) is 11.6 Å². The van der Waals surface area contributed by atoms with Crippen molar-refractivity contribution in [3.05, 3.63) is 64.7 Å². The first-order valence-electron chi connectivity index (χ1n) is 8.94. The van der Waals surface area contributed by atoms with E-state index in [0.29, 0.717) is 30.7 Å². The summed E-state index contributed by atoms with van der Waals surface area (Å²) in [6, 6.07) is 9.66. The topological polar surface area (TPSA) is 69.7 Å². The Hall–Kier alpha value is -2.07. The first-order valence-corrected chi connectivity index (χ1v) is 10.8. The number of rotatable bonds is 6. The summed E-state index contributed by atoms with van der Waals surface area (Å²) in [6.45, 7) is 1.55. The molecule has 0 aromatic heterocycles. The predicted molar refractivity (Wildman–Crippen MR) is 105 cm³/mol. The molecule has 1 saturated heterocycles. The van der Waals surface area contributed by atoms with Crippen molar-refractivity contribution in [1.82, 2.24) is 14.5 Å². The third-order valence-corrected chi connectivity index (χ3v) is 6.78. The normalized spacial score (nSPS) is 16.0. The molecular formula is C19H20ClF2N3O3S. The monoisotopic (exact) mass is 443 g/mol. The number of carbonyl (C=O) groups excluding carboxylic acids is 1. The highest BCUT2D eigenvalue weighted by molar-refractivity contribution is 7.89. The van der Waals surface area contributed by atoms with Gasteiger partial charge in [0.05, 0.1) is 11.4 Å². The molecule has 0 unspecified atom stereocenters. The molecule has 1 amide bonds. The fourth-order valence-electron chi connectivity index (χ4n) is 2.98. The third kappa shape index (κ3) is 5.51. The molecule has 3 rings (SSSR count). The number of halogens is 3. The fourth-order valence-corrected chi connectivity index (χ4v) is 4.54. The summed E-state index contributed by atoms with van der Waals surface area (Å²) in [6.07, 6.45) is 0. The highest BCUT2D eigenvalue weighted by Gasteiger charge is 2.29. The maximum atomic E-state index is 13.4.